The van der Waals surface area contributed by atoms with Crippen molar-refractivity contribution in [1.29, 1.82) is 0 Å². The van der Waals surface area contributed by atoms with E-state index in [1.54, 1.807) is 0 Å². The molecule has 0 saturated heterocycles. The molecule has 0 amide bonds. The number of halogens is 1. The molecule has 1 heterocycles. The Labute approximate surface area is 139 Å². The van der Waals surface area contributed by atoms with Crippen molar-refractivity contribution in [2.24, 2.45) is 0 Å². The van der Waals surface area contributed by atoms with Gasteiger partial charge in [-0.05, 0) is 0 Å². The molecule has 0 aliphatic rings. The Morgan fingerprint density at radius 1 is 0.909 bits per heavy atom. The summed E-state index contributed by atoms with van der Waals surface area (Å²) < 4.78 is 37.6. The molecule has 0 saturated carbocycles. The van der Waals surface area contributed by atoms with Crippen LogP contribution in [0.4, 0.5) is 0 Å². The van der Waals surface area contributed by atoms with E-state index in [4.69, 9.17) is 18.6 Å². The Kier molecular flexibility index (Phi) is 5.53. The minimum absolute atomic E-state index is 0.374. The number of benzene rings is 2. The van der Waals surface area contributed by atoms with E-state index in [0.29, 0.717) is 0 Å². The van der Waals surface area contributed by atoms with E-state index in [9.17, 15) is 0 Å². The van der Waals surface area contributed by atoms with Crippen LogP contribution >= 0.6 is 0 Å². The Bertz CT molecular complexity index is 763. The predicted molar refractivity (Wildman–Crippen MR) is 69.7 cm³/mol. The van der Waals surface area contributed by atoms with Crippen LogP contribution in [-0.2, 0) is 0 Å². The van der Waals surface area contributed by atoms with Crippen molar-refractivity contribution in [3.05, 3.63) is 53.6 Å². The second kappa shape index (κ2) is 7.02. The van der Waals surface area contributed by atoms with Gasteiger partial charge in [0.25, 0.3) is 0 Å². The van der Waals surface area contributed by atoms with Crippen molar-refractivity contribution in [1.82, 2.24) is 5.10 Å². The van der Waals surface area contributed by atoms with E-state index >= 15 is 0 Å². The van der Waals surface area contributed by atoms with Gasteiger partial charge >= 0.3 is 111 Å². The van der Waals surface area contributed by atoms with Gasteiger partial charge in [0, 0.05) is 0 Å². The van der Waals surface area contributed by atoms with Crippen molar-refractivity contribution in [3.8, 4) is 5.69 Å². The van der Waals surface area contributed by atoms with Crippen LogP contribution in [0, 0.1) is 24.1 Å². The summed E-state index contributed by atoms with van der Waals surface area (Å²) in [4.78, 5) is 0. The molecular formula is C14H13ClN2O4Te. The van der Waals surface area contributed by atoms with Crippen LogP contribution in [0.15, 0.2) is 42.5 Å². The van der Waals surface area contributed by atoms with Gasteiger partial charge in [0.05, 0.1) is 0 Å². The van der Waals surface area contributed by atoms with Crippen LogP contribution in [0.2, 0.25) is 0 Å². The van der Waals surface area contributed by atoms with E-state index in [1.807, 2.05) is 0 Å². The van der Waals surface area contributed by atoms with Gasteiger partial charge in [-0.15, -0.1) is 10.2 Å². The zero-order valence-electron chi connectivity index (χ0n) is 11.9. The summed E-state index contributed by atoms with van der Waals surface area (Å²) in [6, 6.07) is 15.1. The molecule has 0 atom stereocenters. The van der Waals surface area contributed by atoms with Gasteiger partial charge < -0.3 is 0 Å². The quantitative estimate of drug-likeness (QED) is 0.390. The topological polar surface area (TPSA) is 109 Å². The molecule has 6 nitrogen and oxygen atoms in total. The summed E-state index contributed by atoms with van der Waals surface area (Å²) in [7, 11) is -4.94. The monoisotopic (exact) mass is 438 g/mol. The van der Waals surface area contributed by atoms with Gasteiger partial charge in [-0.2, -0.15) is 0 Å². The minimum atomic E-state index is -4.94. The number of rotatable bonds is 1. The van der Waals surface area contributed by atoms with Crippen LogP contribution in [0.5, 0.6) is 0 Å². The Balaban J connectivity index is 0.000000309. The third-order valence-corrected chi connectivity index (χ3v) is 5.58. The molecule has 2 aromatic carbocycles. The molecule has 3 aromatic rings. The first-order valence-corrected chi connectivity index (χ1v) is 9.65. The second-order valence-corrected chi connectivity index (χ2v) is 8.17. The first-order valence-electron chi connectivity index (χ1n) is 6.21. The molecule has 0 aliphatic heterocycles. The van der Waals surface area contributed by atoms with Gasteiger partial charge in [0.15, 0.2) is 0 Å². The van der Waals surface area contributed by atoms with Gasteiger partial charge in [0.2, 0.25) is 0 Å². The number of fused-ring (bicyclic) bond motifs is 1. The number of aryl methyl sites for hydroxylation is 2. The number of hydrogen-bond acceptors (Lipinski definition) is 5. The SMILES string of the molecule is Cc1ccc(-[n+]2nc3ccc(C)cc3[te]2)cc1.[O-][Cl+3]([O-])([O-])[O-]. The summed E-state index contributed by atoms with van der Waals surface area (Å²) >= 11 is -0.374. The van der Waals surface area contributed by atoms with Crippen LogP contribution in [-0.4, -0.2) is 25.8 Å². The normalized spacial score (nSPS) is 11.2. The second-order valence-electron chi connectivity index (χ2n) is 4.65. The maximum absolute atomic E-state index is 8.49. The van der Waals surface area contributed by atoms with Crippen molar-refractivity contribution in [2.45, 2.75) is 13.8 Å². The molecule has 1 aromatic heterocycles. The smallest absolute Gasteiger partial charge is 0.112 e. The van der Waals surface area contributed by atoms with Gasteiger partial charge in [0.1, 0.15) is 0 Å². The maximum atomic E-state index is 8.49. The Hall–Kier alpha value is -1.04. The van der Waals surface area contributed by atoms with Crippen LogP contribution in [0.25, 0.3) is 14.6 Å². The molecule has 0 bridgehead atoms. The van der Waals surface area contributed by atoms with Crippen LogP contribution in [0.1, 0.15) is 11.1 Å². The van der Waals surface area contributed by atoms with E-state index in [1.165, 1.54) is 20.2 Å². The summed E-state index contributed by atoms with van der Waals surface area (Å²) in [6.45, 7) is 4.25. The van der Waals surface area contributed by atoms with E-state index in [-0.39, 0.29) is 20.7 Å². The zero-order valence-corrected chi connectivity index (χ0v) is 14.9. The van der Waals surface area contributed by atoms with E-state index in [2.05, 4.69) is 64.3 Å². The fraction of sp³-hybridized carbons (Fsp3) is 0.143. The van der Waals surface area contributed by atoms with E-state index in [0.717, 1.165) is 5.52 Å². The largest absolute Gasteiger partial charge is 0.222 e. The molecule has 0 fully saturated rings. The van der Waals surface area contributed by atoms with Crippen LogP contribution < -0.4 is 21.5 Å². The minimum Gasteiger partial charge on any atom is -0.222 e. The zero-order chi connectivity index (χ0) is 16.3. The van der Waals surface area contributed by atoms with E-state index < -0.39 is 10.2 Å². The third kappa shape index (κ3) is 5.30. The number of nitrogens with zero attached hydrogens (tertiary/aromatic N) is 2. The number of hydrogen-bond donors (Lipinski definition) is 0. The molecule has 0 spiro atoms. The molecule has 8 heteroatoms. The van der Waals surface area contributed by atoms with Crippen molar-refractivity contribution >= 4 is 29.6 Å². The Morgan fingerprint density at radius 3 is 2.05 bits per heavy atom. The molecule has 0 N–H and O–H groups in total. The van der Waals surface area contributed by atoms with Crippen molar-refractivity contribution in [2.75, 3.05) is 0 Å². The molecule has 3 rings (SSSR count). The van der Waals surface area contributed by atoms with Gasteiger partial charge in [-0.3, -0.25) is 0 Å². The average molecular weight is 436 g/mol. The molecule has 22 heavy (non-hydrogen) atoms. The molecule has 0 unspecified atom stereocenters. The van der Waals surface area contributed by atoms with Gasteiger partial charge in [-0.25, -0.2) is 18.6 Å². The average Bonchev–Trinajstić information content (AvgIpc) is 2.80. The predicted octanol–water partition coefficient (Wildman–Crippen LogP) is -2.57. The standard InChI is InChI=1S/C14H13N2Te.ClHO4/c1-10-3-6-12(7-4-10)16-15-13-8-5-11(2)9-14(13)17-16;2-1(3,4)5/h3-9H,1-2H3;(H,2,3,4,5)/q+1;/p-1. The fourth-order valence-electron chi connectivity index (χ4n) is 1.77. The third-order valence-electron chi connectivity index (χ3n) is 2.75. The summed E-state index contributed by atoms with van der Waals surface area (Å²) in [5.74, 6) is 0. The molecule has 0 aliphatic carbocycles. The summed E-state index contributed by atoms with van der Waals surface area (Å²) in [5.41, 5.74) is 4.99. The summed E-state index contributed by atoms with van der Waals surface area (Å²) in [6.07, 6.45) is 0. The van der Waals surface area contributed by atoms with Crippen LogP contribution in [0.3, 0.4) is 0 Å². The Morgan fingerprint density at radius 2 is 1.45 bits per heavy atom. The molecular weight excluding hydrogens is 423 g/mol. The molecule has 116 valence electrons. The van der Waals surface area contributed by atoms with Crippen molar-refractivity contribution in [3.63, 3.8) is 0 Å². The van der Waals surface area contributed by atoms with Gasteiger partial charge in [-0.1, -0.05) is 0 Å². The van der Waals surface area contributed by atoms with Crippen molar-refractivity contribution < 1.29 is 31.8 Å². The summed E-state index contributed by atoms with van der Waals surface area (Å²) in [5, 5.41) is 4.68. The number of aromatic nitrogens is 2. The fourth-order valence-corrected chi connectivity index (χ4v) is 4.58. The first-order chi connectivity index (χ1) is 10.2. The first kappa shape index (κ1) is 17.3. The molecule has 0 radical (unpaired) electrons. The maximum Gasteiger partial charge on any atom is -0.112 e.